The molecule has 2 aromatic carbocycles. The summed E-state index contributed by atoms with van der Waals surface area (Å²) in [5.41, 5.74) is 11.7. The van der Waals surface area contributed by atoms with Crippen LogP contribution in [0.1, 0.15) is 25.0 Å². The zero-order chi connectivity index (χ0) is 14.7. The number of nitrogens with zero attached hydrogens (tertiary/aromatic N) is 1. The first-order valence-electron chi connectivity index (χ1n) is 7.16. The average Bonchev–Trinajstić information content (AvgIpc) is 2.38. The van der Waals surface area contributed by atoms with E-state index in [1.54, 1.807) is 0 Å². The molecule has 0 atom stereocenters. The number of rotatable bonds is 4. The van der Waals surface area contributed by atoms with Crippen LogP contribution in [0.3, 0.4) is 0 Å². The number of aryl methyl sites for hydroxylation is 1. The summed E-state index contributed by atoms with van der Waals surface area (Å²) < 4.78 is 0. The van der Waals surface area contributed by atoms with Gasteiger partial charge >= 0.3 is 0 Å². The van der Waals surface area contributed by atoms with Crippen molar-refractivity contribution in [3.05, 3.63) is 53.6 Å². The summed E-state index contributed by atoms with van der Waals surface area (Å²) in [7, 11) is 2.05. The van der Waals surface area contributed by atoms with Crippen molar-refractivity contribution < 1.29 is 0 Å². The third kappa shape index (κ3) is 3.32. The fourth-order valence-corrected chi connectivity index (χ4v) is 2.45. The normalized spacial score (nSPS) is 10.8. The minimum Gasteiger partial charge on any atom is -0.397 e. The van der Waals surface area contributed by atoms with Crippen LogP contribution in [0.4, 0.5) is 17.1 Å². The molecule has 20 heavy (non-hydrogen) atoms. The van der Waals surface area contributed by atoms with E-state index in [9.17, 15) is 0 Å². The van der Waals surface area contributed by atoms with Gasteiger partial charge in [-0.25, -0.2) is 0 Å². The first-order chi connectivity index (χ1) is 9.47. The first-order valence-corrected chi connectivity index (χ1v) is 7.16. The molecule has 2 heteroatoms. The maximum Gasteiger partial charge on any atom is 0.0641 e. The highest BCUT2D eigenvalue weighted by Crippen LogP contribution is 2.29. The van der Waals surface area contributed by atoms with Crippen molar-refractivity contribution >= 4 is 17.1 Å². The highest BCUT2D eigenvalue weighted by Gasteiger charge is 2.08. The Kier molecular flexibility index (Phi) is 4.33. The lowest BCUT2D eigenvalue weighted by Gasteiger charge is -2.22. The standard InChI is InChI=1S/C18H24N2/c1-13(2)11-15-6-8-16(9-7-15)20(4)18-10-5-14(3)12-17(18)19/h5-10,12-13H,11,19H2,1-4H3. The molecule has 106 valence electrons. The van der Waals surface area contributed by atoms with E-state index in [-0.39, 0.29) is 0 Å². The predicted molar refractivity (Wildman–Crippen MR) is 88.6 cm³/mol. The van der Waals surface area contributed by atoms with E-state index in [1.807, 2.05) is 6.07 Å². The quantitative estimate of drug-likeness (QED) is 0.825. The van der Waals surface area contributed by atoms with E-state index in [1.165, 1.54) is 11.1 Å². The molecule has 0 radical (unpaired) electrons. The Hall–Kier alpha value is -1.96. The van der Waals surface area contributed by atoms with E-state index in [0.29, 0.717) is 5.92 Å². The monoisotopic (exact) mass is 268 g/mol. The largest absolute Gasteiger partial charge is 0.397 e. The Morgan fingerprint density at radius 2 is 1.70 bits per heavy atom. The highest BCUT2D eigenvalue weighted by molar-refractivity contribution is 5.74. The van der Waals surface area contributed by atoms with E-state index >= 15 is 0 Å². The highest BCUT2D eigenvalue weighted by atomic mass is 15.1. The number of anilines is 3. The van der Waals surface area contributed by atoms with Gasteiger partial charge in [-0.1, -0.05) is 32.0 Å². The van der Waals surface area contributed by atoms with Gasteiger partial charge in [0.15, 0.2) is 0 Å². The van der Waals surface area contributed by atoms with Crippen LogP contribution >= 0.6 is 0 Å². The van der Waals surface area contributed by atoms with Gasteiger partial charge in [-0.05, 0) is 54.7 Å². The van der Waals surface area contributed by atoms with Gasteiger partial charge in [0.1, 0.15) is 0 Å². The molecule has 2 N–H and O–H groups in total. The molecule has 0 aliphatic carbocycles. The van der Waals surface area contributed by atoms with Crippen molar-refractivity contribution in [2.24, 2.45) is 5.92 Å². The van der Waals surface area contributed by atoms with Crippen LogP contribution < -0.4 is 10.6 Å². The molecule has 0 aromatic heterocycles. The van der Waals surface area contributed by atoms with Gasteiger partial charge in [-0.3, -0.25) is 0 Å². The maximum atomic E-state index is 6.11. The van der Waals surface area contributed by atoms with Gasteiger partial charge in [0, 0.05) is 12.7 Å². The molecular formula is C18H24N2. The third-order valence-electron chi connectivity index (χ3n) is 3.51. The topological polar surface area (TPSA) is 29.3 Å². The molecular weight excluding hydrogens is 244 g/mol. The number of nitrogen functional groups attached to an aromatic ring is 1. The zero-order valence-electron chi connectivity index (χ0n) is 12.9. The fourth-order valence-electron chi connectivity index (χ4n) is 2.45. The van der Waals surface area contributed by atoms with Gasteiger partial charge < -0.3 is 10.6 Å². The molecule has 0 amide bonds. The Balaban J connectivity index is 2.22. The lowest BCUT2D eigenvalue weighted by atomic mass is 10.0. The second-order valence-corrected chi connectivity index (χ2v) is 5.89. The summed E-state index contributed by atoms with van der Waals surface area (Å²) >= 11 is 0. The maximum absolute atomic E-state index is 6.11. The van der Waals surface area contributed by atoms with E-state index in [4.69, 9.17) is 5.73 Å². The van der Waals surface area contributed by atoms with Gasteiger partial charge in [0.25, 0.3) is 0 Å². The molecule has 0 fully saturated rings. The van der Waals surface area contributed by atoms with Crippen molar-refractivity contribution in [2.75, 3.05) is 17.7 Å². The molecule has 2 nitrogen and oxygen atoms in total. The van der Waals surface area contributed by atoms with Crippen molar-refractivity contribution in [1.29, 1.82) is 0 Å². The summed E-state index contributed by atoms with van der Waals surface area (Å²) in [6, 6.07) is 14.9. The van der Waals surface area contributed by atoms with E-state index in [0.717, 1.165) is 23.5 Å². The minimum absolute atomic E-state index is 0.686. The molecule has 0 bridgehead atoms. The van der Waals surface area contributed by atoms with Crippen molar-refractivity contribution in [1.82, 2.24) is 0 Å². The number of hydrogen-bond acceptors (Lipinski definition) is 2. The number of hydrogen-bond donors (Lipinski definition) is 1. The zero-order valence-corrected chi connectivity index (χ0v) is 12.9. The SMILES string of the molecule is Cc1ccc(N(C)c2ccc(CC(C)C)cc2)c(N)c1. The van der Waals surface area contributed by atoms with E-state index < -0.39 is 0 Å². The fraction of sp³-hybridized carbons (Fsp3) is 0.333. The molecule has 2 rings (SSSR count). The van der Waals surface area contributed by atoms with Gasteiger partial charge in [-0.2, -0.15) is 0 Å². The summed E-state index contributed by atoms with van der Waals surface area (Å²) in [6.45, 7) is 6.54. The van der Waals surface area contributed by atoms with Gasteiger partial charge in [0.05, 0.1) is 11.4 Å². The lowest BCUT2D eigenvalue weighted by Crippen LogP contribution is -2.11. The van der Waals surface area contributed by atoms with Crippen molar-refractivity contribution in [2.45, 2.75) is 27.2 Å². The average molecular weight is 268 g/mol. The lowest BCUT2D eigenvalue weighted by molar-refractivity contribution is 0.647. The van der Waals surface area contributed by atoms with Crippen LogP contribution in [-0.2, 0) is 6.42 Å². The number of benzene rings is 2. The van der Waals surface area contributed by atoms with Crippen LogP contribution in [0.5, 0.6) is 0 Å². The van der Waals surface area contributed by atoms with E-state index in [2.05, 4.69) is 69.1 Å². The summed E-state index contributed by atoms with van der Waals surface area (Å²) in [6.07, 6.45) is 1.12. The summed E-state index contributed by atoms with van der Waals surface area (Å²) in [5, 5.41) is 0. The van der Waals surface area contributed by atoms with Gasteiger partial charge in [-0.15, -0.1) is 0 Å². The van der Waals surface area contributed by atoms with Crippen LogP contribution in [0.2, 0.25) is 0 Å². The molecule has 2 aromatic rings. The van der Waals surface area contributed by atoms with Crippen LogP contribution in [-0.4, -0.2) is 7.05 Å². The molecule has 0 saturated heterocycles. The van der Waals surface area contributed by atoms with Crippen molar-refractivity contribution in [3.8, 4) is 0 Å². The van der Waals surface area contributed by atoms with Crippen LogP contribution in [0, 0.1) is 12.8 Å². The molecule has 0 aliphatic heterocycles. The molecule has 0 saturated carbocycles. The molecule has 0 unspecified atom stereocenters. The van der Waals surface area contributed by atoms with Crippen LogP contribution in [0.25, 0.3) is 0 Å². The Morgan fingerprint density at radius 1 is 1.05 bits per heavy atom. The molecule has 0 heterocycles. The predicted octanol–water partition coefficient (Wildman–Crippen LogP) is 4.54. The van der Waals surface area contributed by atoms with Crippen molar-refractivity contribution in [3.63, 3.8) is 0 Å². The first kappa shape index (κ1) is 14.4. The molecule has 0 spiro atoms. The Labute approximate surface area is 122 Å². The Bertz CT molecular complexity index is 570. The molecule has 0 aliphatic rings. The number of nitrogens with two attached hydrogens (primary N) is 1. The second kappa shape index (κ2) is 6.00. The summed E-state index contributed by atoms with van der Waals surface area (Å²) in [4.78, 5) is 2.13. The second-order valence-electron chi connectivity index (χ2n) is 5.89. The smallest absolute Gasteiger partial charge is 0.0641 e. The Morgan fingerprint density at radius 3 is 2.25 bits per heavy atom. The third-order valence-corrected chi connectivity index (χ3v) is 3.51. The minimum atomic E-state index is 0.686. The van der Waals surface area contributed by atoms with Crippen LogP contribution in [0.15, 0.2) is 42.5 Å². The summed E-state index contributed by atoms with van der Waals surface area (Å²) in [5.74, 6) is 0.686. The van der Waals surface area contributed by atoms with Gasteiger partial charge in [0.2, 0.25) is 0 Å².